The van der Waals surface area contributed by atoms with Crippen molar-refractivity contribution in [2.75, 3.05) is 23.3 Å². The zero-order chi connectivity index (χ0) is 27.0. The van der Waals surface area contributed by atoms with Crippen LogP contribution in [0.15, 0.2) is 45.7 Å². The van der Waals surface area contributed by atoms with E-state index in [1.807, 2.05) is 18.2 Å². The second-order valence-corrected chi connectivity index (χ2v) is 16.9. The third kappa shape index (κ3) is 6.10. The summed E-state index contributed by atoms with van der Waals surface area (Å²) in [5.41, 5.74) is 4.21. The zero-order valence-electron chi connectivity index (χ0n) is 22.2. The second kappa shape index (κ2) is 10.6. The van der Waals surface area contributed by atoms with Gasteiger partial charge in [0, 0.05) is 25.2 Å². The van der Waals surface area contributed by atoms with Crippen LogP contribution >= 0.6 is 15.9 Å². The summed E-state index contributed by atoms with van der Waals surface area (Å²) in [5, 5.41) is 15.9. The summed E-state index contributed by atoms with van der Waals surface area (Å²) in [4.78, 5) is 23.0. The maximum atomic E-state index is 11.7. The van der Waals surface area contributed by atoms with Crippen LogP contribution in [0, 0.1) is 5.92 Å². The number of halogens is 1. The van der Waals surface area contributed by atoms with Gasteiger partial charge in [0.1, 0.15) is 11.8 Å². The molecule has 0 spiro atoms. The number of carboxylic acid groups (broad SMARTS) is 1. The standard InChI is InChI=1S/C26H36BrN5O4Si/c1-16-13-32(14-20(31-25(33)34)24(16)36-37(5,6)26(2,3)4)21-9-10-28-12-19(21)29-11-17-7-8-22-23(30-17)18(27)15-35-22/h7-10,12,15-16,20,24,29,31H,11,13-14H2,1-6H3,(H,33,34)/t16-,20+,24+/m0/s1. The lowest BCUT2D eigenvalue weighted by atomic mass is 9.92. The Morgan fingerprint density at radius 1 is 1.30 bits per heavy atom. The Morgan fingerprint density at radius 2 is 2.05 bits per heavy atom. The number of furan rings is 1. The van der Waals surface area contributed by atoms with Crippen LogP contribution < -0.4 is 15.5 Å². The number of carbonyl (C=O) groups is 1. The molecular weight excluding hydrogens is 554 g/mol. The molecule has 1 aliphatic heterocycles. The Balaban J connectivity index is 1.54. The topological polar surface area (TPSA) is 113 Å². The molecule has 3 atom stereocenters. The lowest BCUT2D eigenvalue weighted by Crippen LogP contribution is -2.62. The van der Waals surface area contributed by atoms with E-state index in [9.17, 15) is 9.90 Å². The van der Waals surface area contributed by atoms with Gasteiger partial charge in [0.2, 0.25) is 0 Å². The molecule has 0 bridgehead atoms. The highest BCUT2D eigenvalue weighted by Crippen LogP contribution is 2.40. The largest absolute Gasteiger partial charge is 0.465 e. The normalized spacial score (nSPS) is 20.7. The van der Waals surface area contributed by atoms with Crippen molar-refractivity contribution < 1.29 is 18.7 Å². The molecule has 4 heterocycles. The lowest BCUT2D eigenvalue weighted by molar-refractivity contribution is 0.0722. The van der Waals surface area contributed by atoms with E-state index >= 15 is 0 Å². The van der Waals surface area contributed by atoms with Crippen LogP contribution in [0.25, 0.3) is 11.1 Å². The van der Waals surface area contributed by atoms with Gasteiger partial charge in [0.05, 0.1) is 46.4 Å². The molecule has 0 aliphatic carbocycles. The molecule has 4 rings (SSSR count). The van der Waals surface area contributed by atoms with E-state index in [0.29, 0.717) is 13.1 Å². The number of pyridine rings is 2. The summed E-state index contributed by atoms with van der Waals surface area (Å²) < 4.78 is 13.1. The first-order valence-electron chi connectivity index (χ1n) is 12.5. The Hall–Kier alpha value is -2.63. The van der Waals surface area contributed by atoms with Crippen molar-refractivity contribution in [3.05, 3.63) is 47.0 Å². The van der Waals surface area contributed by atoms with Crippen molar-refractivity contribution in [3.8, 4) is 0 Å². The number of rotatable bonds is 7. The first kappa shape index (κ1) is 27.4. The Labute approximate surface area is 227 Å². The second-order valence-electron chi connectivity index (χ2n) is 11.3. The SMILES string of the molecule is C[C@H]1CN(c2ccncc2NCc2ccc3occ(Br)c3n2)C[C@@H](NC(=O)O)[C@@H]1O[Si](C)(C)C(C)(C)C. The predicted octanol–water partition coefficient (Wildman–Crippen LogP) is 6.08. The number of aromatic nitrogens is 2. The number of nitrogens with zero attached hydrogens (tertiary/aromatic N) is 3. The van der Waals surface area contributed by atoms with Gasteiger partial charge in [-0.2, -0.15) is 0 Å². The van der Waals surface area contributed by atoms with Crippen LogP contribution in [0.1, 0.15) is 33.4 Å². The monoisotopic (exact) mass is 589 g/mol. The van der Waals surface area contributed by atoms with E-state index in [0.717, 1.165) is 39.2 Å². The summed E-state index contributed by atoms with van der Waals surface area (Å²) in [5.74, 6) is 0.114. The van der Waals surface area contributed by atoms with Gasteiger partial charge in [-0.05, 0) is 52.3 Å². The van der Waals surface area contributed by atoms with Gasteiger partial charge >= 0.3 is 6.09 Å². The van der Waals surface area contributed by atoms with Crippen molar-refractivity contribution in [3.63, 3.8) is 0 Å². The fourth-order valence-corrected chi connectivity index (χ4v) is 6.28. The van der Waals surface area contributed by atoms with E-state index in [2.05, 4.69) is 82.2 Å². The number of hydrogen-bond acceptors (Lipinski definition) is 7. The van der Waals surface area contributed by atoms with Gasteiger partial charge in [0.25, 0.3) is 0 Å². The number of fused-ring (bicyclic) bond motifs is 1. The molecule has 200 valence electrons. The number of piperidine rings is 1. The van der Waals surface area contributed by atoms with Crippen LogP contribution in [0.4, 0.5) is 16.2 Å². The molecule has 1 saturated heterocycles. The predicted molar refractivity (Wildman–Crippen MR) is 152 cm³/mol. The smallest absolute Gasteiger partial charge is 0.405 e. The zero-order valence-corrected chi connectivity index (χ0v) is 24.8. The van der Waals surface area contributed by atoms with Gasteiger partial charge in [0.15, 0.2) is 13.9 Å². The van der Waals surface area contributed by atoms with Crippen molar-refractivity contribution in [2.24, 2.45) is 5.92 Å². The summed E-state index contributed by atoms with van der Waals surface area (Å²) in [6, 6.07) is 5.44. The molecule has 3 aromatic rings. The minimum Gasteiger partial charge on any atom is -0.465 e. The van der Waals surface area contributed by atoms with Crippen molar-refractivity contribution in [2.45, 2.75) is 64.5 Å². The molecule has 3 N–H and O–H groups in total. The molecule has 3 aromatic heterocycles. The molecule has 0 aromatic carbocycles. The molecular formula is C26H36BrN5O4Si. The van der Waals surface area contributed by atoms with Crippen LogP contribution in [-0.4, -0.2) is 54.7 Å². The third-order valence-corrected chi connectivity index (χ3v) is 12.5. The molecule has 9 nitrogen and oxygen atoms in total. The molecule has 11 heteroatoms. The van der Waals surface area contributed by atoms with Crippen LogP contribution in [0.5, 0.6) is 0 Å². The Bertz CT molecular complexity index is 1260. The molecule has 1 amide bonds. The fourth-order valence-electron chi connectivity index (χ4n) is 4.47. The molecule has 0 unspecified atom stereocenters. The van der Waals surface area contributed by atoms with Crippen LogP contribution in [0.3, 0.4) is 0 Å². The van der Waals surface area contributed by atoms with Gasteiger partial charge < -0.3 is 29.5 Å². The number of anilines is 2. The molecule has 0 radical (unpaired) electrons. The number of hydrogen-bond donors (Lipinski definition) is 3. The number of amides is 1. The van der Waals surface area contributed by atoms with E-state index in [1.165, 1.54) is 0 Å². The maximum Gasteiger partial charge on any atom is 0.405 e. The van der Waals surface area contributed by atoms with Crippen LogP contribution in [-0.2, 0) is 11.0 Å². The molecule has 37 heavy (non-hydrogen) atoms. The van der Waals surface area contributed by atoms with Crippen molar-refractivity contribution in [1.29, 1.82) is 0 Å². The lowest BCUT2D eigenvalue weighted by Gasteiger charge is -2.48. The maximum absolute atomic E-state index is 11.7. The average Bonchev–Trinajstić information content (AvgIpc) is 3.19. The Kier molecular flexibility index (Phi) is 7.87. The summed E-state index contributed by atoms with van der Waals surface area (Å²) in [6.07, 6.45) is 3.95. The van der Waals surface area contributed by atoms with Gasteiger partial charge in [-0.1, -0.05) is 27.7 Å². The fraction of sp³-hybridized carbons (Fsp3) is 0.500. The van der Waals surface area contributed by atoms with Crippen molar-refractivity contribution >= 4 is 52.8 Å². The van der Waals surface area contributed by atoms with E-state index in [1.54, 1.807) is 18.7 Å². The van der Waals surface area contributed by atoms with E-state index in [-0.39, 0.29) is 23.1 Å². The first-order chi connectivity index (χ1) is 17.4. The number of nitrogens with one attached hydrogen (secondary N) is 2. The average molecular weight is 591 g/mol. The molecule has 1 fully saturated rings. The summed E-state index contributed by atoms with van der Waals surface area (Å²) in [7, 11) is -2.10. The highest BCUT2D eigenvalue weighted by atomic mass is 79.9. The van der Waals surface area contributed by atoms with Crippen molar-refractivity contribution in [1.82, 2.24) is 15.3 Å². The van der Waals surface area contributed by atoms with E-state index in [4.69, 9.17) is 8.84 Å². The first-order valence-corrected chi connectivity index (χ1v) is 16.2. The highest BCUT2D eigenvalue weighted by molar-refractivity contribution is 9.10. The third-order valence-electron chi connectivity index (χ3n) is 7.46. The van der Waals surface area contributed by atoms with Gasteiger partial charge in [-0.3, -0.25) is 4.98 Å². The van der Waals surface area contributed by atoms with Gasteiger partial charge in [-0.25, -0.2) is 9.78 Å². The molecule has 1 aliphatic rings. The minimum absolute atomic E-state index is 0.0307. The molecule has 0 saturated carbocycles. The van der Waals surface area contributed by atoms with Gasteiger partial charge in [-0.15, -0.1) is 0 Å². The Morgan fingerprint density at radius 3 is 2.76 bits per heavy atom. The highest BCUT2D eigenvalue weighted by Gasteiger charge is 2.45. The summed E-state index contributed by atoms with van der Waals surface area (Å²) in [6.45, 7) is 14.9. The van der Waals surface area contributed by atoms with E-state index < -0.39 is 14.4 Å². The minimum atomic E-state index is -2.10. The summed E-state index contributed by atoms with van der Waals surface area (Å²) >= 11 is 3.47. The quantitative estimate of drug-likeness (QED) is 0.284. The van der Waals surface area contributed by atoms with Crippen LogP contribution in [0.2, 0.25) is 18.1 Å².